The van der Waals surface area contributed by atoms with Crippen LogP contribution in [0.5, 0.6) is 0 Å². The van der Waals surface area contributed by atoms with Gasteiger partial charge in [-0.15, -0.1) is 0 Å². The number of allylic oxidation sites excluding steroid dienone is 1. The van der Waals surface area contributed by atoms with Gasteiger partial charge in [0, 0.05) is 38.8 Å². The molecule has 4 rings (SSSR count). The van der Waals surface area contributed by atoms with Crippen LogP contribution < -0.4 is 10.6 Å². The summed E-state index contributed by atoms with van der Waals surface area (Å²) in [7, 11) is 3.37. The maximum Gasteiger partial charge on any atom is 2.00 e. The molecule has 2 aromatic carbocycles. The van der Waals surface area contributed by atoms with E-state index in [0.717, 1.165) is 33.6 Å². The monoisotopic (exact) mass is 770 g/mol. The Kier molecular flexibility index (Phi) is 14.3. The van der Waals surface area contributed by atoms with Crippen molar-refractivity contribution in [2.45, 2.75) is 26.4 Å². The Morgan fingerprint density at radius 2 is 1.88 bits per heavy atom. The molecule has 0 bridgehead atoms. The number of anilines is 2. The summed E-state index contributed by atoms with van der Waals surface area (Å²) in [6, 6.07) is 15.7. The van der Waals surface area contributed by atoms with E-state index in [-0.39, 0.29) is 58.0 Å². The number of aromatic nitrogens is 1. The molecule has 1 fully saturated rings. The van der Waals surface area contributed by atoms with E-state index in [1.807, 2.05) is 49.5 Å². The molecule has 8 nitrogen and oxygen atoms in total. The first-order chi connectivity index (χ1) is 17.9. The van der Waals surface area contributed by atoms with E-state index in [2.05, 4.69) is 34.7 Å². The number of rotatable bonds is 8. The van der Waals surface area contributed by atoms with Gasteiger partial charge in [0.05, 0.1) is 24.5 Å². The average Bonchev–Trinajstić information content (AvgIpc) is 3.54. The maximum atomic E-state index is 13.0. The van der Waals surface area contributed by atoms with Crippen LogP contribution in [0.25, 0.3) is 16.7 Å². The zero-order valence-corrected chi connectivity index (χ0v) is 28.4. The van der Waals surface area contributed by atoms with E-state index < -0.39 is 6.09 Å². The zero-order valence-electron chi connectivity index (χ0n) is 24.3. The Morgan fingerprint density at radius 3 is 2.50 bits per heavy atom. The largest absolute Gasteiger partial charge is 2.00 e. The fraction of sp³-hybridized carbons (Fsp3) is 0.290. The molecule has 1 unspecified atom stereocenters. The molecule has 1 saturated heterocycles. The molecule has 0 radical (unpaired) electrons. The molecule has 9 heteroatoms. The first-order valence-corrected chi connectivity index (χ1v) is 12.4. The molecular weight excluding hydrogens is 730 g/mol. The second kappa shape index (κ2) is 16.3. The molecule has 0 aliphatic carbocycles. The van der Waals surface area contributed by atoms with Crippen molar-refractivity contribution in [2.24, 2.45) is 0 Å². The van der Waals surface area contributed by atoms with Gasteiger partial charge in [-0.1, -0.05) is 42.5 Å². The van der Waals surface area contributed by atoms with Crippen LogP contribution >= 0.6 is 0 Å². The molecule has 212 valence electrons. The summed E-state index contributed by atoms with van der Waals surface area (Å²) in [5, 5.41) is 6.23. The van der Waals surface area contributed by atoms with Crippen LogP contribution in [0.3, 0.4) is 0 Å². The molecule has 40 heavy (non-hydrogen) atoms. The average molecular weight is 771 g/mol. The van der Waals surface area contributed by atoms with Crippen molar-refractivity contribution >= 4 is 29.1 Å². The van der Waals surface area contributed by atoms with Crippen LogP contribution in [0, 0.1) is 52.9 Å². The number of H-pyrrole nitrogens is 1. The number of hydrogen-bond donors (Lipinski definition) is 3. The van der Waals surface area contributed by atoms with Gasteiger partial charge in [0.25, 0.3) is 5.91 Å². The molecule has 1 aliphatic rings. The van der Waals surface area contributed by atoms with Crippen LogP contribution in [0.4, 0.5) is 16.3 Å². The van der Waals surface area contributed by atoms with Crippen molar-refractivity contribution in [3.8, 4) is 11.1 Å². The van der Waals surface area contributed by atoms with Crippen LogP contribution in [-0.2, 0) is 9.47 Å². The number of ether oxygens (including phenoxy) is 2. The van der Waals surface area contributed by atoms with E-state index in [1.165, 1.54) is 4.90 Å². The number of hydrogen-bond acceptors (Lipinski definition) is 5. The van der Waals surface area contributed by atoms with E-state index >= 15 is 0 Å². The quantitative estimate of drug-likeness (QED) is 0.229. The minimum absolute atomic E-state index is 0. The Labute approximate surface area is 262 Å². The summed E-state index contributed by atoms with van der Waals surface area (Å²) in [4.78, 5) is 30.3. The summed E-state index contributed by atoms with van der Waals surface area (Å²) in [6.07, 6.45) is 3.82. The fourth-order valence-corrected chi connectivity index (χ4v) is 4.32. The van der Waals surface area contributed by atoms with Gasteiger partial charge in [-0.05, 0) is 48.2 Å². The Balaban J connectivity index is 0.00000267. The molecular formula is C31H40N4O4U. The second-order valence-electron chi connectivity index (χ2n) is 9.21. The van der Waals surface area contributed by atoms with Crippen molar-refractivity contribution in [2.75, 3.05) is 44.5 Å². The summed E-state index contributed by atoms with van der Waals surface area (Å²) < 4.78 is 10.7. The number of aromatic amines is 1. The minimum atomic E-state index is -0.597. The van der Waals surface area contributed by atoms with E-state index in [1.54, 1.807) is 20.2 Å². The maximum absolute atomic E-state index is 13.0. The van der Waals surface area contributed by atoms with Gasteiger partial charge in [0.2, 0.25) is 0 Å². The molecule has 1 atom stereocenters. The third kappa shape index (κ3) is 8.50. The zero-order chi connectivity index (χ0) is 26.4. The molecule has 2 amide bonds. The predicted molar refractivity (Wildman–Crippen MR) is 160 cm³/mol. The summed E-state index contributed by atoms with van der Waals surface area (Å²) in [5.74, 6) is 0.734. The molecule has 2 heterocycles. The van der Waals surface area contributed by atoms with Crippen molar-refractivity contribution in [3.63, 3.8) is 0 Å². The molecule has 3 aromatic rings. The van der Waals surface area contributed by atoms with Gasteiger partial charge >= 0.3 is 37.2 Å². The van der Waals surface area contributed by atoms with Gasteiger partial charge < -0.3 is 39.5 Å². The number of benzene rings is 2. The molecule has 0 spiro atoms. The molecule has 0 saturated carbocycles. The smallest absolute Gasteiger partial charge is 0.443 e. The van der Waals surface area contributed by atoms with Gasteiger partial charge in [0.1, 0.15) is 11.9 Å². The van der Waals surface area contributed by atoms with Gasteiger partial charge in [-0.2, -0.15) is 0 Å². The van der Waals surface area contributed by atoms with Crippen LogP contribution in [0.1, 0.15) is 34.8 Å². The Hall–Kier alpha value is -2.99. The third-order valence-electron chi connectivity index (χ3n) is 6.45. The van der Waals surface area contributed by atoms with E-state index in [9.17, 15) is 9.59 Å². The Morgan fingerprint density at radius 1 is 1.15 bits per heavy atom. The van der Waals surface area contributed by atoms with Gasteiger partial charge in [0.15, 0.2) is 0 Å². The van der Waals surface area contributed by atoms with Crippen LogP contribution in [0.2, 0.25) is 0 Å². The van der Waals surface area contributed by atoms with Gasteiger partial charge in [-0.25, -0.2) is 4.79 Å². The van der Waals surface area contributed by atoms with Gasteiger partial charge in [-0.3, -0.25) is 10.1 Å². The number of amides is 2. The van der Waals surface area contributed by atoms with E-state index in [4.69, 9.17) is 9.47 Å². The molecule has 3 N–H and O–H groups in total. The predicted octanol–water partition coefficient (Wildman–Crippen LogP) is 6.45. The second-order valence-corrected chi connectivity index (χ2v) is 9.21. The number of nitrogens with one attached hydrogen (secondary N) is 3. The van der Waals surface area contributed by atoms with Crippen molar-refractivity contribution < 1.29 is 50.2 Å². The summed E-state index contributed by atoms with van der Waals surface area (Å²) in [6.45, 7) is 5.57. The first kappa shape index (κ1) is 35.0. The van der Waals surface area contributed by atoms with Crippen LogP contribution in [-0.4, -0.2) is 61.8 Å². The number of carbonyl (C=O) groups excluding carboxylic acids is 2. The minimum Gasteiger partial charge on any atom is -0.443 e. The fourth-order valence-electron chi connectivity index (χ4n) is 4.32. The van der Waals surface area contributed by atoms with Crippen LogP contribution in [0.15, 0.2) is 60.8 Å². The SMILES string of the molecule is C/C=C(\CNc1[nH]cc(-c2ccccc2)c1C)c1ccc(NC(=O)OC2CCOC2)c(C(=O)N(C)C)c1.[CH3-].[CH3-].[U+2]. The summed E-state index contributed by atoms with van der Waals surface area (Å²) >= 11 is 0. The number of nitrogens with zero attached hydrogens (tertiary/aromatic N) is 1. The van der Waals surface area contributed by atoms with Crippen molar-refractivity contribution in [1.82, 2.24) is 9.88 Å². The number of carbonyl (C=O) groups is 2. The third-order valence-corrected chi connectivity index (χ3v) is 6.45. The van der Waals surface area contributed by atoms with Crippen molar-refractivity contribution in [3.05, 3.63) is 92.3 Å². The topological polar surface area (TPSA) is 95.7 Å². The first-order valence-electron chi connectivity index (χ1n) is 12.4. The van der Waals surface area contributed by atoms with E-state index in [0.29, 0.717) is 37.4 Å². The Bertz CT molecular complexity index is 1280. The standard InChI is InChI=1S/C29H34N4O4.2CH3.U/c1-5-20(16-30-27-19(2)25(17-31-27)21-9-7-6-8-10-21)22-11-12-26(24(15-22)28(34)33(3)4)32-29(35)37-23-13-14-36-18-23;;;/h5-12,15,17,23,30-31H,13-14,16,18H2,1-4H3,(H,32,35);2*1H3;/q;2*-1;+2/b20-5+;;;. The summed E-state index contributed by atoms with van der Waals surface area (Å²) in [5.41, 5.74) is 6.14. The normalized spacial score (nSPS) is 14.2. The molecule has 1 aliphatic heterocycles. The molecule has 1 aromatic heterocycles. The van der Waals surface area contributed by atoms with Crippen molar-refractivity contribution in [1.29, 1.82) is 0 Å².